The summed E-state index contributed by atoms with van der Waals surface area (Å²) in [5.74, 6) is -3.42. The van der Waals surface area contributed by atoms with Gasteiger partial charge in [-0.15, -0.1) is 0 Å². The van der Waals surface area contributed by atoms with Crippen molar-refractivity contribution in [3.8, 4) is 0 Å². The second-order valence-corrected chi connectivity index (χ2v) is 10.1. The molecule has 0 unspecified atom stereocenters. The number of amides is 2. The fourth-order valence-corrected chi connectivity index (χ4v) is 4.05. The molecule has 1 atom stereocenters. The number of hydrogen-bond acceptors (Lipinski definition) is 6. The second kappa shape index (κ2) is 11.7. The van der Waals surface area contributed by atoms with Gasteiger partial charge in [-0.05, 0) is 29.7 Å². The number of sulfonamides is 1. The van der Waals surface area contributed by atoms with Gasteiger partial charge in [0.25, 0.3) is 11.8 Å². The van der Waals surface area contributed by atoms with Crippen LogP contribution in [-0.2, 0) is 30.9 Å². The third kappa shape index (κ3) is 6.84. The van der Waals surface area contributed by atoms with Gasteiger partial charge in [0.2, 0.25) is 10.0 Å². The zero-order chi connectivity index (χ0) is 25.5. The topological polar surface area (TPSA) is 122 Å². The van der Waals surface area contributed by atoms with E-state index in [1.807, 2.05) is 0 Å². The molecule has 0 aliphatic carbocycles. The van der Waals surface area contributed by atoms with Crippen LogP contribution in [0, 0.1) is 11.7 Å². The molecule has 2 N–H and O–H groups in total. The maximum Gasteiger partial charge on any atom is 0.329 e. The Labute approximate surface area is 198 Å². The average Bonchev–Trinajstić information content (AvgIpc) is 2.79. The smallest absolute Gasteiger partial charge is 0.329 e. The summed E-state index contributed by atoms with van der Waals surface area (Å²) in [6, 6.07) is 10.5. The van der Waals surface area contributed by atoms with Gasteiger partial charge in [-0.1, -0.05) is 44.2 Å². The van der Waals surface area contributed by atoms with Crippen LogP contribution in [0.5, 0.6) is 0 Å². The van der Waals surface area contributed by atoms with Gasteiger partial charge in [0.15, 0.2) is 6.61 Å². The first kappa shape index (κ1) is 26.9. The van der Waals surface area contributed by atoms with Crippen molar-refractivity contribution in [2.75, 3.05) is 20.7 Å². The van der Waals surface area contributed by atoms with Crippen molar-refractivity contribution < 1.29 is 31.9 Å². The average molecular weight is 494 g/mol. The summed E-state index contributed by atoms with van der Waals surface area (Å²) in [6.07, 6.45) is 0. The van der Waals surface area contributed by atoms with Gasteiger partial charge < -0.3 is 15.4 Å². The molecule has 0 fully saturated rings. The van der Waals surface area contributed by atoms with E-state index >= 15 is 0 Å². The first-order valence-corrected chi connectivity index (χ1v) is 11.9. The van der Waals surface area contributed by atoms with Crippen LogP contribution in [0.4, 0.5) is 4.39 Å². The van der Waals surface area contributed by atoms with Crippen molar-refractivity contribution >= 4 is 27.8 Å². The lowest BCUT2D eigenvalue weighted by Crippen LogP contribution is -2.46. The Bertz CT molecular complexity index is 1150. The normalized spacial score (nSPS) is 12.3. The van der Waals surface area contributed by atoms with E-state index in [0.717, 1.165) is 10.4 Å². The molecule has 0 radical (unpaired) electrons. The zero-order valence-corrected chi connectivity index (χ0v) is 20.2. The standard InChI is InChI=1S/C23H28FN3O6S/c1-15(2)21(26-22(29)17-10-6-7-11-18(17)24)23(30)33-14-20(28)25-13-16-9-5-8-12-19(16)34(31,32)27(3)4/h5-12,15,21H,13-14H2,1-4H3,(H,25,28)(H,26,29)/t21-/m0/s1. The number of rotatable bonds is 10. The monoisotopic (exact) mass is 493 g/mol. The van der Waals surface area contributed by atoms with Crippen molar-refractivity contribution in [2.45, 2.75) is 31.3 Å². The van der Waals surface area contributed by atoms with E-state index in [1.54, 1.807) is 32.0 Å². The summed E-state index contributed by atoms with van der Waals surface area (Å²) >= 11 is 0. The van der Waals surface area contributed by atoms with E-state index in [2.05, 4.69) is 10.6 Å². The molecular weight excluding hydrogens is 465 g/mol. The maximum atomic E-state index is 13.8. The number of halogens is 1. The molecule has 9 nitrogen and oxygen atoms in total. The lowest BCUT2D eigenvalue weighted by Gasteiger charge is -2.21. The third-order valence-electron chi connectivity index (χ3n) is 4.88. The number of benzene rings is 2. The Kier molecular flexibility index (Phi) is 9.28. The highest BCUT2D eigenvalue weighted by Gasteiger charge is 2.28. The number of carbonyl (C=O) groups is 3. The molecule has 0 bridgehead atoms. The fourth-order valence-electron chi connectivity index (χ4n) is 2.93. The van der Waals surface area contributed by atoms with E-state index in [-0.39, 0.29) is 17.0 Å². The van der Waals surface area contributed by atoms with Gasteiger partial charge in [-0.25, -0.2) is 21.9 Å². The Morgan fingerprint density at radius 2 is 1.65 bits per heavy atom. The minimum absolute atomic E-state index is 0.0491. The van der Waals surface area contributed by atoms with Crippen molar-refractivity contribution in [3.63, 3.8) is 0 Å². The summed E-state index contributed by atoms with van der Waals surface area (Å²) in [6.45, 7) is 2.59. The van der Waals surface area contributed by atoms with E-state index in [4.69, 9.17) is 4.74 Å². The Hall–Kier alpha value is -3.31. The number of carbonyl (C=O) groups excluding carboxylic acids is 3. The van der Waals surface area contributed by atoms with Crippen molar-refractivity contribution in [1.29, 1.82) is 0 Å². The SMILES string of the molecule is CC(C)[C@H](NC(=O)c1ccccc1F)C(=O)OCC(=O)NCc1ccccc1S(=O)(=O)N(C)C. The predicted molar refractivity (Wildman–Crippen MR) is 123 cm³/mol. The number of nitrogens with one attached hydrogen (secondary N) is 2. The van der Waals surface area contributed by atoms with Crippen LogP contribution in [0.15, 0.2) is 53.4 Å². The van der Waals surface area contributed by atoms with Crippen LogP contribution in [0.1, 0.15) is 29.8 Å². The molecule has 2 aromatic carbocycles. The van der Waals surface area contributed by atoms with Crippen LogP contribution in [0.3, 0.4) is 0 Å². The highest BCUT2D eigenvalue weighted by atomic mass is 32.2. The highest BCUT2D eigenvalue weighted by molar-refractivity contribution is 7.89. The molecule has 0 saturated heterocycles. The van der Waals surface area contributed by atoms with Crippen molar-refractivity contribution in [3.05, 3.63) is 65.5 Å². The van der Waals surface area contributed by atoms with Gasteiger partial charge in [-0.3, -0.25) is 9.59 Å². The fraction of sp³-hybridized carbons (Fsp3) is 0.348. The molecule has 0 spiro atoms. The summed E-state index contributed by atoms with van der Waals surface area (Å²) in [5, 5.41) is 4.94. The Morgan fingerprint density at radius 1 is 1.03 bits per heavy atom. The quantitative estimate of drug-likeness (QED) is 0.486. The highest BCUT2D eigenvalue weighted by Crippen LogP contribution is 2.18. The molecule has 0 aliphatic heterocycles. The molecular formula is C23H28FN3O6S. The molecule has 2 aromatic rings. The van der Waals surface area contributed by atoms with E-state index in [0.29, 0.717) is 5.56 Å². The molecule has 0 aromatic heterocycles. The van der Waals surface area contributed by atoms with Crippen LogP contribution in [0.2, 0.25) is 0 Å². The summed E-state index contributed by atoms with van der Waals surface area (Å²) in [4.78, 5) is 37.1. The lowest BCUT2D eigenvalue weighted by molar-refractivity contribution is -0.151. The molecule has 2 rings (SSSR count). The van der Waals surface area contributed by atoms with Crippen LogP contribution < -0.4 is 10.6 Å². The number of esters is 1. The van der Waals surface area contributed by atoms with Gasteiger partial charge in [0, 0.05) is 20.6 Å². The van der Waals surface area contributed by atoms with E-state index < -0.39 is 52.2 Å². The molecule has 0 heterocycles. The Balaban J connectivity index is 1.97. The van der Waals surface area contributed by atoms with Gasteiger partial charge in [0.05, 0.1) is 10.5 Å². The van der Waals surface area contributed by atoms with Crippen molar-refractivity contribution in [2.24, 2.45) is 5.92 Å². The molecule has 34 heavy (non-hydrogen) atoms. The second-order valence-electron chi connectivity index (χ2n) is 7.95. The molecule has 2 amide bonds. The molecule has 184 valence electrons. The van der Waals surface area contributed by atoms with Crippen LogP contribution >= 0.6 is 0 Å². The van der Waals surface area contributed by atoms with Gasteiger partial charge in [-0.2, -0.15) is 0 Å². The third-order valence-corrected chi connectivity index (χ3v) is 6.79. The largest absolute Gasteiger partial charge is 0.454 e. The van der Waals surface area contributed by atoms with Crippen LogP contribution in [-0.4, -0.2) is 57.3 Å². The first-order chi connectivity index (χ1) is 15.9. The number of ether oxygens (including phenoxy) is 1. The molecule has 0 saturated carbocycles. The lowest BCUT2D eigenvalue weighted by atomic mass is 10.0. The number of hydrogen-bond donors (Lipinski definition) is 2. The van der Waals surface area contributed by atoms with Crippen molar-refractivity contribution in [1.82, 2.24) is 14.9 Å². The predicted octanol–water partition coefficient (Wildman–Crippen LogP) is 1.69. The first-order valence-electron chi connectivity index (χ1n) is 10.4. The zero-order valence-electron chi connectivity index (χ0n) is 19.4. The Morgan fingerprint density at radius 3 is 2.26 bits per heavy atom. The molecule has 11 heteroatoms. The number of nitrogens with zero attached hydrogens (tertiary/aromatic N) is 1. The van der Waals surface area contributed by atoms with Gasteiger partial charge in [0.1, 0.15) is 11.9 Å². The molecule has 0 aliphatic rings. The summed E-state index contributed by atoms with van der Waals surface area (Å²) in [5.41, 5.74) is 0.151. The van der Waals surface area contributed by atoms with Crippen LogP contribution in [0.25, 0.3) is 0 Å². The van der Waals surface area contributed by atoms with E-state index in [1.165, 1.54) is 38.4 Å². The van der Waals surface area contributed by atoms with E-state index in [9.17, 15) is 27.2 Å². The minimum Gasteiger partial charge on any atom is -0.454 e. The minimum atomic E-state index is -3.71. The summed E-state index contributed by atoms with van der Waals surface area (Å²) < 4.78 is 44.8. The summed E-state index contributed by atoms with van der Waals surface area (Å²) in [7, 11) is -0.904. The van der Waals surface area contributed by atoms with Gasteiger partial charge >= 0.3 is 5.97 Å². The maximum absolute atomic E-state index is 13.8.